The van der Waals surface area contributed by atoms with Gasteiger partial charge in [-0.05, 0) is 26.2 Å². The summed E-state index contributed by atoms with van der Waals surface area (Å²) in [5.74, 6) is 2.52. The van der Waals surface area contributed by atoms with E-state index in [0.29, 0.717) is 30.4 Å². The summed E-state index contributed by atoms with van der Waals surface area (Å²) in [4.78, 5) is 11.8. The van der Waals surface area contributed by atoms with Crippen molar-refractivity contribution in [3.8, 4) is 0 Å². The zero-order valence-electron chi connectivity index (χ0n) is 13.0. The van der Waals surface area contributed by atoms with Gasteiger partial charge in [-0.2, -0.15) is 0 Å². The highest BCUT2D eigenvalue weighted by atomic mass is 32.2. The van der Waals surface area contributed by atoms with Gasteiger partial charge < -0.3 is 20.0 Å². The van der Waals surface area contributed by atoms with Crippen LogP contribution in [0.2, 0.25) is 0 Å². The van der Waals surface area contributed by atoms with Crippen molar-refractivity contribution in [2.75, 3.05) is 33.4 Å². The Bertz CT molecular complexity index is 542. The molecule has 0 radical (unpaired) electrons. The minimum Gasteiger partial charge on any atom is -0.464 e. The SMILES string of the molecule is CN/C(=C\[N+](=O)[O-])NCCS(=O)Cc1ccc(CN(C)C)o1. The van der Waals surface area contributed by atoms with Crippen LogP contribution in [-0.4, -0.2) is 47.5 Å². The van der Waals surface area contributed by atoms with Crippen LogP contribution in [0.25, 0.3) is 0 Å². The van der Waals surface area contributed by atoms with Gasteiger partial charge in [0, 0.05) is 30.1 Å². The second-order valence-electron chi connectivity index (χ2n) is 4.90. The van der Waals surface area contributed by atoms with Crippen LogP contribution in [0.15, 0.2) is 28.6 Å². The molecule has 8 nitrogen and oxygen atoms in total. The van der Waals surface area contributed by atoms with E-state index < -0.39 is 15.7 Å². The first kappa shape index (κ1) is 18.2. The van der Waals surface area contributed by atoms with E-state index in [1.54, 1.807) is 7.05 Å². The molecule has 22 heavy (non-hydrogen) atoms. The fourth-order valence-corrected chi connectivity index (χ4v) is 2.68. The third-order valence-electron chi connectivity index (χ3n) is 2.64. The van der Waals surface area contributed by atoms with Gasteiger partial charge in [0.25, 0.3) is 6.20 Å². The molecule has 2 N–H and O–H groups in total. The number of nitro groups is 1. The molecule has 0 amide bonds. The lowest BCUT2D eigenvalue weighted by Crippen LogP contribution is -2.28. The Labute approximate surface area is 132 Å². The van der Waals surface area contributed by atoms with E-state index in [9.17, 15) is 14.3 Å². The normalized spacial score (nSPS) is 13.2. The third kappa shape index (κ3) is 7.23. The molecule has 1 rings (SSSR count). The molecule has 1 heterocycles. The van der Waals surface area contributed by atoms with Crippen LogP contribution in [0.5, 0.6) is 0 Å². The second kappa shape index (κ2) is 9.21. The van der Waals surface area contributed by atoms with Crippen molar-refractivity contribution in [1.82, 2.24) is 15.5 Å². The van der Waals surface area contributed by atoms with Crippen molar-refractivity contribution in [2.45, 2.75) is 12.3 Å². The first-order valence-electron chi connectivity index (χ1n) is 6.75. The summed E-state index contributed by atoms with van der Waals surface area (Å²) in [6, 6.07) is 3.71. The maximum Gasteiger partial charge on any atom is 0.274 e. The van der Waals surface area contributed by atoms with Crippen molar-refractivity contribution in [3.05, 3.63) is 45.8 Å². The Kier molecular flexibility index (Phi) is 7.61. The molecule has 0 fully saturated rings. The molecule has 0 aromatic carbocycles. The minimum atomic E-state index is -1.10. The van der Waals surface area contributed by atoms with E-state index in [1.165, 1.54) is 0 Å². The minimum absolute atomic E-state index is 0.285. The Hall–Kier alpha value is -1.87. The number of rotatable bonds is 10. The fourth-order valence-electron chi connectivity index (χ4n) is 1.73. The van der Waals surface area contributed by atoms with Gasteiger partial charge >= 0.3 is 0 Å². The summed E-state index contributed by atoms with van der Waals surface area (Å²) in [7, 11) is 4.38. The topological polar surface area (TPSA) is 101 Å². The number of furan rings is 1. The van der Waals surface area contributed by atoms with E-state index in [1.807, 2.05) is 31.1 Å². The van der Waals surface area contributed by atoms with Crippen LogP contribution in [-0.2, 0) is 23.1 Å². The predicted octanol–water partition coefficient (Wildman–Crippen LogP) is 0.474. The zero-order valence-corrected chi connectivity index (χ0v) is 13.8. The highest BCUT2D eigenvalue weighted by molar-refractivity contribution is 7.84. The number of nitrogens with one attached hydrogen (secondary N) is 2. The fraction of sp³-hybridized carbons (Fsp3) is 0.538. The van der Waals surface area contributed by atoms with Crippen LogP contribution >= 0.6 is 0 Å². The Morgan fingerprint density at radius 1 is 1.45 bits per heavy atom. The van der Waals surface area contributed by atoms with Gasteiger partial charge in [-0.15, -0.1) is 0 Å². The highest BCUT2D eigenvalue weighted by Crippen LogP contribution is 2.11. The molecule has 0 aliphatic carbocycles. The molecule has 1 aromatic rings. The van der Waals surface area contributed by atoms with Gasteiger partial charge in [-0.3, -0.25) is 14.3 Å². The standard InChI is InChI=1S/C13H22N4O4S/c1-14-13(9-17(18)19)15-6-7-22(20)10-12-5-4-11(21-12)8-16(2)3/h4-5,9,14-15H,6-8,10H2,1-3H3/b13-9+. The largest absolute Gasteiger partial charge is 0.464 e. The van der Waals surface area contributed by atoms with Crippen LogP contribution in [0, 0.1) is 10.1 Å². The molecule has 0 aliphatic rings. The molecule has 0 saturated heterocycles. The molecule has 0 spiro atoms. The summed E-state index contributed by atoms with van der Waals surface area (Å²) in [5, 5.41) is 15.9. The van der Waals surface area contributed by atoms with Crippen molar-refractivity contribution in [1.29, 1.82) is 0 Å². The monoisotopic (exact) mass is 330 g/mol. The second-order valence-corrected chi connectivity index (χ2v) is 6.48. The summed E-state index contributed by atoms with van der Waals surface area (Å²) >= 11 is 0. The zero-order chi connectivity index (χ0) is 16.5. The lowest BCUT2D eigenvalue weighted by atomic mass is 10.4. The van der Waals surface area contributed by atoms with E-state index >= 15 is 0 Å². The van der Waals surface area contributed by atoms with Crippen LogP contribution in [0.1, 0.15) is 11.5 Å². The van der Waals surface area contributed by atoms with Crippen LogP contribution < -0.4 is 10.6 Å². The van der Waals surface area contributed by atoms with E-state index in [0.717, 1.165) is 12.0 Å². The molecule has 124 valence electrons. The van der Waals surface area contributed by atoms with Crippen LogP contribution in [0.4, 0.5) is 0 Å². The quantitative estimate of drug-likeness (QED) is 0.475. The number of hydrogen-bond donors (Lipinski definition) is 2. The molecule has 1 atom stereocenters. The molecular formula is C13H22N4O4S. The molecule has 0 saturated carbocycles. The molecule has 9 heteroatoms. The van der Waals surface area contributed by atoms with Gasteiger partial charge in [-0.1, -0.05) is 0 Å². The summed E-state index contributed by atoms with van der Waals surface area (Å²) in [6.45, 7) is 1.07. The number of nitrogens with zero attached hydrogens (tertiary/aromatic N) is 2. The van der Waals surface area contributed by atoms with Gasteiger partial charge in [0.15, 0.2) is 5.82 Å². The molecule has 1 unspecified atom stereocenters. The molecule has 0 bridgehead atoms. The van der Waals surface area contributed by atoms with Gasteiger partial charge in [0.05, 0.1) is 17.2 Å². The van der Waals surface area contributed by atoms with E-state index in [4.69, 9.17) is 4.42 Å². The van der Waals surface area contributed by atoms with Crippen molar-refractivity contribution < 1.29 is 13.5 Å². The average Bonchev–Trinajstić information content (AvgIpc) is 2.83. The van der Waals surface area contributed by atoms with E-state index in [-0.39, 0.29) is 5.82 Å². The molecule has 0 aliphatic heterocycles. The molecular weight excluding hydrogens is 308 g/mol. The highest BCUT2D eigenvalue weighted by Gasteiger charge is 2.08. The van der Waals surface area contributed by atoms with Gasteiger partial charge in [0.2, 0.25) is 0 Å². The van der Waals surface area contributed by atoms with Gasteiger partial charge in [-0.25, -0.2) is 0 Å². The smallest absolute Gasteiger partial charge is 0.274 e. The molecule has 1 aromatic heterocycles. The van der Waals surface area contributed by atoms with Crippen molar-refractivity contribution >= 4 is 10.8 Å². The first-order chi connectivity index (χ1) is 10.4. The summed E-state index contributed by atoms with van der Waals surface area (Å²) in [5.41, 5.74) is 0. The predicted molar refractivity (Wildman–Crippen MR) is 85.0 cm³/mol. The lowest BCUT2D eigenvalue weighted by molar-refractivity contribution is -0.404. The first-order valence-corrected chi connectivity index (χ1v) is 8.23. The number of hydrogen-bond acceptors (Lipinski definition) is 7. The van der Waals surface area contributed by atoms with Crippen molar-refractivity contribution in [3.63, 3.8) is 0 Å². The summed E-state index contributed by atoms with van der Waals surface area (Å²) in [6.07, 6.45) is 0.836. The Morgan fingerprint density at radius 2 is 2.14 bits per heavy atom. The maximum absolute atomic E-state index is 12.0. The lowest BCUT2D eigenvalue weighted by Gasteiger charge is -2.07. The third-order valence-corrected chi connectivity index (χ3v) is 3.91. The van der Waals surface area contributed by atoms with Gasteiger partial charge in [0.1, 0.15) is 11.5 Å². The average molecular weight is 330 g/mol. The summed E-state index contributed by atoms with van der Waals surface area (Å²) < 4.78 is 17.6. The Morgan fingerprint density at radius 3 is 2.73 bits per heavy atom. The Balaban J connectivity index is 2.37. The van der Waals surface area contributed by atoms with E-state index in [2.05, 4.69) is 10.6 Å². The maximum atomic E-state index is 12.0. The van der Waals surface area contributed by atoms with Crippen LogP contribution in [0.3, 0.4) is 0 Å². The van der Waals surface area contributed by atoms with Crippen molar-refractivity contribution in [2.24, 2.45) is 0 Å².